The van der Waals surface area contributed by atoms with Crippen LogP contribution in [0.15, 0.2) is 0 Å². The van der Waals surface area contributed by atoms with Gasteiger partial charge in [0, 0.05) is 12.8 Å². The van der Waals surface area contributed by atoms with Crippen LogP contribution in [0.4, 0.5) is 0 Å². The number of nitrogens with one attached hydrogen (secondary N) is 1. The molecule has 4 nitrogen and oxygen atoms in total. The summed E-state index contributed by atoms with van der Waals surface area (Å²) in [6.45, 7) is 3.18. The third-order valence-corrected chi connectivity index (χ3v) is 2.09. The zero-order chi connectivity index (χ0) is 11.2. The molecular weight excluding hydrogens is 182 g/mol. The van der Waals surface area contributed by atoms with Crippen LogP contribution in [0.5, 0.6) is 0 Å². The molecule has 0 aliphatic rings. The maximum absolute atomic E-state index is 11.2. The number of carboxylic acids is 1. The number of carbonyl (C=O) groups is 2. The van der Waals surface area contributed by atoms with Crippen molar-refractivity contribution in [1.82, 2.24) is 5.32 Å². The summed E-state index contributed by atoms with van der Waals surface area (Å²) in [5.74, 6) is 0.966. The molecule has 1 unspecified atom stereocenters. The molecule has 0 fully saturated rings. The monoisotopic (exact) mass is 197 g/mol. The van der Waals surface area contributed by atoms with Gasteiger partial charge in [-0.3, -0.25) is 4.79 Å². The molecule has 0 aliphatic carbocycles. The second-order valence-corrected chi connectivity index (χ2v) is 3.24. The Kier molecular flexibility index (Phi) is 4.71. The minimum Gasteiger partial charge on any atom is -0.480 e. The molecule has 0 heterocycles. The Balaban J connectivity index is 4.26. The van der Waals surface area contributed by atoms with E-state index in [1.807, 2.05) is 0 Å². The van der Waals surface area contributed by atoms with Gasteiger partial charge in [0.05, 0.1) is 0 Å². The third kappa shape index (κ3) is 3.48. The van der Waals surface area contributed by atoms with Crippen molar-refractivity contribution in [2.45, 2.75) is 38.6 Å². The van der Waals surface area contributed by atoms with E-state index in [9.17, 15) is 9.59 Å². The molecule has 0 radical (unpaired) electrons. The third-order valence-electron chi connectivity index (χ3n) is 2.09. The molecule has 0 aromatic carbocycles. The summed E-state index contributed by atoms with van der Waals surface area (Å²) in [6.07, 6.45) is 5.81. The number of amides is 1. The van der Waals surface area contributed by atoms with Crippen LogP contribution >= 0.6 is 0 Å². The van der Waals surface area contributed by atoms with Crippen LogP contribution in [0.2, 0.25) is 0 Å². The van der Waals surface area contributed by atoms with Crippen LogP contribution in [0.1, 0.15) is 33.1 Å². The fourth-order valence-electron chi connectivity index (χ4n) is 0.849. The highest BCUT2D eigenvalue weighted by Gasteiger charge is 2.32. The Bertz CT molecular complexity index is 267. The smallest absolute Gasteiger partial charge is 0.329 e. The summed E-state index contributed by atoms with van der Waals surface area (Å²) in [5, 5.41) is 11.3. The van der Waals surface area contributed by atoms with E-state index in [1.54, 1.807) is 6.92 Å². The highest BCUT2D eigenvalue weighted by Crippen LogP contribution is 2.09. The molecule has 0 saturated carbocycles. The molecule has 4 heteroatoms. The maximum atomic E-state index is 11.2. The van der Waals surface area contributed by atoms with Gasteiger partial charge in [-0.05, 0) is 13.3 Å². The number of terminal acetylenes is 1. The van der Waals surface area contributed by atoms with Crippen LogP contribution in [-0.2, 0) is 9.59 Å². The van der Waals surface area contributed by atoms with E-state index in [0.29, 0.717) is 12.8 Å². The number of hydrogen-bond acceptors (Lipinski definition) is 2. The van der Waals surface area contributed by atoms with Gasteiger partial charge in [-0.2, -0.15) is 0 Å². The number of aliphatic carboxylic acids is 1. The number of carboxylic acid groups (broad SMARTS) is 1. The van der Waals surface area contributed by atoms with Gasteiger partial charge >= 0.3 is 5.97 Å². The highest BCUT2D eigenvalue weighted by atomic mass is 16.4. The molecule has 0 aromatic heterocycles. The number of hydrogen-bond donors (Lipinski definition) is 2. The highest BCUT2D eigenvalue weighted by molar-refractivity contribution is 5.86. The van der Waals surface area contributed by atoms with Crippen LogP contribution in [0.3, 0.4) is 0 Å². The Morgan fingerprint density at radius 2 is 2.14 bits per heavy atom. The predicted octanol–water partition coefficient (Wildman–Crippen LogP) is 0.769. The molecule has 1 atom stereocenters. The molecule has 0 saturated heterocycles. The topological polar surface area (TPSA) is 66.4 Å². The zero-order valence-electron chi connectivity index (χ0n) is 8.46. The van der Waals surface area contributed by atoms with Crippen molar-refractivity contribution in [3.8, 4) is 12.3 Å². The molecule has 1 amide bonds. The largest absolute Gasteiger partial charge is 0.480 e. The zero-order valence-corrected chi connectivity index (χ0v) is 8.46. The average molecular weight is 197 g/mol. The van der Waals surface area contributed by atoms with Crippen molar-refractivity contribution in [2.75, 3.05) is 0 Å². The van der Waals surface area contributed by atoms with Crippen molar-refractivity contribution in [3.05, 3.63) is 0 Å². The average Bonchev–Trinajstić information content (AvgIpc) is 2.14. The van der Waals surface area contributed by atoms with E-state index >= 15 is 0 Å². The van der Waals surface area contributed by atoms with Gasteiger partial charge in [-0.25, -0.2) is 4.79 Å². The first kappa shape index (κ1) is 12.5. The van der Waals surface area contributed by atoms with E-state index in [2.05, 4.69) is 11.2 Å². The summed E-state index contributed by atoms with van der Waals surface area (Å²) < 4.78 is 0. The van der Waals surface area contributed by atoms with Gasteiger partial charge in [0.15, 0.2) is 0 Å². The summed E-state index contributed by atoms with van der Waals surface area (Å²) in [4.78, 5) is 22.0. The summed E-state index contributed by atoms with van der Waals surface area (Å²) in [7, 11) is 0. The Morgan fingerprint density at radius 1 is 1.57 bits per heavy atom. The van der Waals surface area contributed by atoms with E-state index < -0.39 is 11.5 Å². The van der Waals surface area contributed by atoms with Gasteiger partial charge in [0.1, 0.15) is 5.54 Å². The Hall–Kier alpha value is -1.50. The van der Waals surface area contributed by atoms with Crippen molar-refractivity contribution in [3.63, 3.8) is 0 Å². The van der Waals surface area contributed by atoms with E-state index in [0.717, 1.165) is 0 Å². The molecule has 0 bridgehead atoms. The summed E-state index contributed by atoms with van der Waals surface area (Å²) in [5.41, 5.74) is -1.19. The predicted molar refractivity (Wildman–Crippen MR) is 52.5 cm³/mol. The van der Waals surface area contributed by atoms with Crippen molar-refractivity contribution in [2.24, 2.45) is 0 Å². The normalized spacial score (nSPS) is 13.8. The van der Waals surface area contributed by atoms with Gasteiger partial charge in [0.25, 0.3) is 0 Å². The van der Waals surface area contributed by atoms with Crippen molar-refractivity contribution >= 4 is 11.9 Å². The molecule has 0 aliphatic heterocycles. The van der Waals surface area contributed by atoms with E-state index in [-0.39, 0.29) is 12.3 Å². The summed E-state index contributed by atoms with van der Waals surface area (Å²) >= 11 is 0. The van der Waals surface area contributed by atoms with Gasteiger partial charge in [-0.15, -0.1) is 12.3 Å². The lowest BCUT2D eigenvalue weighted by atomic mass is 9.99. The van der Waals surface area contributed by atoms with Crippen LogP contribution in [0, 0.1) is 12.3 Å². The fourth-order valence-corrected chi connectivity index (χ4v) is 0.849. The lowest BCUT2D eigenvalue weighted by Crippen LogP contribution is -2.51. The SMILES string of the molecule is C#CCCC(=O)NC(C)(CC)C(=O)O. The molecule has 0 aromatic rings. The Labute approximate surface area is 83.7 Å². The quantitative estimate of drug-likeness (QED) is 0.640. The number of carbonyl (C=O) groups excluding carboxylic acids is 1. The fraction of sp³-hybridized carbons (Fsp3) is 0.600. The first-order valence-corrected chi connectivity index (χ1v) is 4.44. The van der Waals surface area contributed by atoms with Crippen molar-refractivity contribution < 1.29 is 14.7 Å². The molecular formula is C10H15NO3. The second-order valence-electron chi connectivity index (χ2n) is 3.24. The second kappa shape index (κ2) is 5.28. The first-order valence-electron chi connectivity index (χ1n) is 4.44. The van der Waals surface area contributed by atoms with E-state index in [4.69, 9.17) is 11.5 Å². The standard InChI is InChI=1S/C10H15NO3/c1-4-6-7-8(12)11-10(3,5-2)9(13)14/h1H,5-7H2,2-3H3,(H,11,12)(H,13,14). The van der Waals surface area contributed by atoms with Crippen LogP contribution in [0.25, 0.3) is 0 Å². The van der Waals surface area contributed by atoms with Gasteiger partial charge in [-0.1, -0.05) is 6.92 Å². The molecule has 0 rings (SSSR count). The minimum absolute atomic E-state index is 0.166. The van der Waals surface area contributed by atoms with Gasteiger partial charge in [0.2, 0.25) is 5.91 Å². The minimum atomic E-state index is -1.19. The lowest BCUT2D eigenvalue weighted by Gasteiger charge is -2.24. The molecule has 0 spiro atoms. The summed E-state index contributed by atoms with van der Waals surface area (Å²) in [6, 6.07) is 0. The van der Waals surface area contributed by atoms with E-state index in [1.165, 1.54) is 6.92 Å². The van der Waals surface area contributed by atoms with Crippen LogP contribution in [-0.4, -0.2) is 22.5 Å². The first-order chi connectivity index (χ1) is 6.46. The van der Waals surface area contributed by atoms with Gasteiger partial charge < -0.3 is 10.4 Å². The maximum Gasteiger partial charge on any atom is 0.329 e. The van der Waals surface area contributed by atoms with Crippen LogP contribution < -0.4 is 5.32 Å². The molecule has 2 N–H and O–H groups in total. The van der Waals surface area contributed by atoms with Crippen molar-refractivity contribution in [1.29, 1.82) is 0 Å². The molecule has 14 heavy (non-hydrogen) atoms. The Morgan fingerprint density at radius 3 is 2.50 bits per heavy atom. The lowest BCUT2D eigenvalue weighted by molar-refractivity contribution is -0.147. The molecule has 78 valence electrons. The number of rotatable bonds is 5.